The molecule has 15 heavy (non-hydrogen) atoms. The molecule has 1 atom stereocenters. The number of methoxy groups -OCH3 is 2. The van der Waals surface area contributed by atoms with Crippen molar-refractivity contribution in [1.29, 1.82) is 0 Å². The van der Waals surface area contributed by atoms with Gasteiger partial charge in [0.2, 0.25) is 0 Å². The number of hydrogen-bond acceptors (Lipinski definition) is 4. The second-order valence-corrected chi connectivity index (χ2v) is 3.94. The van der Waals surface area contributed by atoms with Crippen LogP contribution >= 0.6 is 15.9 Å². The number of nitrogens with two attached hydrogens (primary N) is 1. The summed E-state index contributed by atoms with van der Waals surface area (Å²) in [5.41, 5.74) is 6.47. The van der Waals surface area contributed by atoms with E-state index in [4.69, 9.17) is 20.3 Å². The molecule has 1 rings (SSSR count). The van der Waals surface area contributed by atoms with Gasteiger partial charge in [0, 0.05) is 10.0 Å². The molecule has 0 amide bonds. The van der Waals surface area contributed by atoms with Crippen LogP contribution in [-0.2, 0) is 0 Å². The van der Waals surface area contributed by atoms with E-state index in [0.29, 0.717) is 17.1 Å². The Balaban J connectivity index is 3.28. The maximum Gasteiger partial charge on any atom is 0.165 e. The lowest BCUT2D eigenvalue weighted by Crippen LogP contribution is -2.15. The van der Waals surface area contributed by atoms with Gasteiger partial charge < -0.3 is 20.3 Å². The average molecular weight is 276 g/mol. The normalized spacial score (nSPS) is 12.3. The highest BCUT2D eigenvalue weighted by atomic mass is 79.9. The fraction of sp³-hybridized carbons (Fsp3) is 0.400. The van der Waals surface area contributed by atoms with E-state index < -0.39 is 6.04 Å². The van der Waals surface area contributed by atoms with E-state index in [1.54, 1.807) is 20.3 Å². The number of rotatable bonds is 4. The molecule has 0 unspecified atom stereocenters. The van der Waals surface area contributed by atoms with Crippen LogP contribution in [0.4, 0.5) is 0 Å². The summed E-state index contributed by atoms with van der Waals surface area (Å²) in [6.07, 6.45) is 0. The van der Waals surface area contributed by atoms with Crippen molar-refractivity contribution in [3.05, 3.63) is 22.2 Å². The highest BCUT2D eigenvalue weighted by Crippen LogP contribution is 2.36. The summed E-state index contributed by atoms with van der Waals surface area (Å²) in [5, 5.41) is 9.03. The smallest absolute Gasteiger partial charge is 0.165 e. The third kappa shape index (κ3) is 2.62. The van der Waals surface area contributed by atoms with Crippen molar-refractivity contribution in [3.8, 4) is 11.5 Å². The van der Waals surface area contributed by atoms with Crippen molar-refractivity contribution in [1.82, 2.24) is 0 Å². The number of aliphatic hydroxyl groups excluding tert-OH is 1. The minimum atomic E-state index is -0.480. The number of ether oxygens (including phenoxy) is 2. The Morgan fingerprint density at radius 2 is 2.07 bits per heavy atom. The average Bonchev–Trinajstić information content (AvgIpc) is 2.26. The maximum atomic E-state index is 9.03. The van der Waals surface area contributed by atoms with Crippen LogP contribution in [0.15, 0.2) is 16.6 Å². The van der Waals surface area contributed by atoms with E-state index in [1.807, 2.05) is 6.07 Å². The Hall–Kier alpha value is -0.780. The molecule has 0 aliphatic rings. The predicted octanol–water partition coefficient (Wildman–Crippen LogP) is 1.46. The van der Waals surface area contributed by atoms with Gasteiger partial charge in [-0.25, -0.2) is 0 Å². The zero-order chi connectivity index (χ0) is 11.4. The Morgan fingerprint density at radius 3 is 2.53 bits per heavy atom. The number of aliphatic hydroxyl groups is 1. The summed E-state index contributed by atoms with van der Waals surface area (Å²) in [7, 11) is 3.10. The Kier molecular flexibility index (Phi) is 4.38. The van der Waals surface area contributed by atoms with E-state index in [1.165, 1.54) is 0 Å². The fourth-order valence-electron chi connectivity index (χ4n) is 1.33. The van der Waals surface area contributed by atoms with E-state index in [-0.39, 0.29) is 6.61 Å². The minimum Gasteiger partial charge on any atom is -0.493 e. The largest absolute Gasteiger partial charge is 0.493 e. The Bertz CT molecular complexity index is 344. The molecule has 0 aromatic heterocycles. The molecule has 5 heteroatoms. The molecule has 1 aromatic carbocycles. The first-order valence-corrected chi connectivity index (χ1v) is 5.21. The molecule has 4 nitrogen and oxygen atoms in total. The third-order valence-electron chi connectivity index (χ3n) is 2.07. The lowest BCUT2D eigenvalue weighted by molar-refractivity contribution is 0.263. The number of hydrogen-bond donors (Lipinski definition) is 2. The Labute approximate surface area is 97.1 Å². The molecule has 84 valence electrons. The van der Waals surface area contributed by atoms with Gasteiger partial charge in [-0.05, 0) is 12.1 Å². The van der Waals surface area contributed by atoms with E-state index >= 15 is 0 Å². The first-order valence-electron chi connectivity index (χ1n) is 4.41. The predicted molar refractivity (Wildman–Crippen MR) is 61.3 cm³/mol. The van der Waals surface area contributed by atoms with Gasteiger partial charge in [-0.3, -0.25) is 0 Å². The van der Waals surface area contributed by atoms with Crippen molar-refractivity contribution < 1.29 is 14.6 Å². The molecular weight excluding hydrogens is 262 g/mol. The third-order valence-corrected chi connectivity index (χ3v) is 2.53. The lowest BCUT2D eigenvalue weighted by Gasteiger charge is -2.16. The molecule has 0 saturated heterocycles. The molecule has 0 fully saturated rings. The molecular formula is C10H14BrNO3. The second kappa shape index (κ2) is 5.34. The summed E-state index contributed by atoms with van der Waals surface area (Å²) >= 11 is 3.34. The minimum absolute atomic E-state index is 0.143. The molecule has 0 heterocycles. The van der Waals surface area contributed by atoms with Crippen LogP contribution in [0.2, 0.25) is 0 Å². The zero-order valence-corrected chi connectivity index (χ0v) is 10.2. The highest BCUT2D eigenvalue weighted by molar-refractivity contribution is 9.10. The van der Waals surface area contributed by atoms with Gasteiger partial charge in [-0.1, -0.05) is 15.9 Å². The fourth-order valence-corrected chi connectivity index (χ4v) is 1.79. The SMILES string of the molecule is COc1cc(Br)cc([C@@H](N)CO)c1OC. The van der Waals surface area contributed by atoms with Crippen LogP contribution in [0, 0.1) is 0 Å². The zero-order valence-electron chi connectivity index (χ0n) is 8.66. The van der Waals surface area contributed by atoms with Crippen LogP contribution in [0.3, 0.4) is 0 Å². The van der Waals surface area contributed by atoms with E-state index in [2.05, 4.69) is 15.9 Å². The van der Waals surface area contributed by atoms with E-state index in [9.17, 15) is 0 Å². The van der Waals surface area contributed by atoms with Gasteiger partial charge in [0.25, 0.3) is 0 Å². The van der Waals surface area contributed by atoms with Crippen molar-refractivity contribution in [3.63, 3.8) is 0 Å². The molecule has 0 aliphatic heterocycles. The molecule has 0 bridgehead atoms. The first kappa shape index (κ1) is 12.3. The molecule has 0 radical (unpaired) electrons. The summed E-state index contributed by atoms with van der Waals surface area (Å²) in [5.74, 6) is 1.15. The first-order chi connectivity index (χ1) is 7.13. The summed E-state index contributed by atoms with van der Waals surface area (Å²) in [6, 6.07) is 3.11. The number of halogens is 1. The van der Waals surface area contributed by atoms with Crippen molar-refractivity contribution in [2.45, 2.75) is 6.04 Å². The van der Waals surface area contributed by atoms with Gasteiger partial charge >= 0.3 is 0 Å². The van der Waals surface area contributed by atoms with Crippen LogP contribution in [-0.4, -0.2) is 25.9 Å². The van der Waals surface area contributed by atoms with Gasteiger partial charge in [0.1, 0.15) is 0 Å². The molecule has 0 spiro atoms. The van der Waals surface area contributed by atoms with Gasteiger partial charge in [0.15, 0.2) is 11.5 Å². The summed E-state index contributed by atoms with van der Waals surface area (Å²) in [6.45, 7) is -0.143. The second-order valence-electron chi connectivity index (χ2n) is 3.02. The highest BCUT2D eigenvalue weighted by Gasteiger charge is 2.16. The van der Waals surface area contributed by atoms with Crippen LogP contribution < -0.4 is 15.2 Å². The molecule has 0 saturated carbocycles. The standard InChI is InChI=1S/C10H14BrNO3/c1-14-9-4-6(11)3-7(8(12)5-13)10(9)15-2/h3-4,8,13H,5,12H2,1-2H3/t8-/m0/s1. The van der Waals surface area contributed by atoms with Crippen molar-refractivity contribution >= 4 is 15.9 Å². The van der Waals surface area contributed by atoms with Crippen molar-refractivity contribution in [2.75, 3.05) is 20.8 Å². The monoisotopic (exact) mass is 275 g/mol. The summed E-state index contributed by atoms with van der Waals surface area (Å²) in [4.78, 5) is 0. The van der Waals surface area contributed by atoms with Crippen molar-refractivity contribution in [2.24, 2.45) is 5.73 Å². The van der Waals surface area contributed by atoms with Crippen LogP contribution in [0.25, 0.3) is 0 Å². The lowest BCUT2D eigenvalue weighted by atomic mass is 10.1. The van der Waals surface area contributed by atoms with Gasteiger partial charge in [0.05, 0.1) is 26.9 Å². The quantitative estimate of drug-likeness (QED) is 0.873. The van der Waals surface area contributed by atoms with Crippen LogP contribution in [0.5, 0.6) is 11.5 Å². The van der Waals surface area contributed by atoms with Crippen LogP contribution in [0.1, 0.15) is 11.6 Å². The maximum absolute atomic E-state index is 9.03. The Morgan fingerprint density at radius 1 is 1.40 bits per heavy atom. The molecule has 1 aromatic rings. The molecule has 3 N–H and O–H groups in total. The molecule has 0 aliphatic carbocycles. The number of benzene rings is 1. The summed E-state index contributed by atoms with van der Waals surface area (Å²) < 4.78 is 11.2. The van der Waals surface area contributed by atoms with Gasteiger partial charge in [-0.2, -0.15) is 0 Å². The van der Waals surface area contributed by atoms with E-state index in [0.717, 1.165) is 4.47 Å². The van der Waals surface area contributed by atoms with Gasteiger partial charge in [-0.15, -0.1) is 0 Å². The topological polar surface area (TPSA) is 64.7 Å².